The van der Waals surface area contributed by atoms with Crippen LogP contribution >= 0.6 is 0 Å². The number of hydrogen-bond donors (Lipinski definition) is 1. The number of amides is 1. The molecule has 4 rings (SSSR count). The highest BCUT2D eigenvalue weighted by atomic mass is 19.1. The van der Waals surface area contributed by atoms with Crippen molar-refractivity contribution in [1.82, 2.24) is 19.6 Å². The molecule has 0 aliphatic carbocycles. The molecule has 0 saturated carbocycles. The number of fused-ring (bicyclic) bond motifs is 1. The van der Waals surface area contributed by atoms with E-state index in [2.05, 4.69) is 20.4 Å². The lowest BCUT2D eigenvalue weighted by molar-refractivity contribution is 0.0602. The number of aromatic nitrogens is 4. The van der Waals surface area contributed by atoms with E-state index in [1.165, 1.54) is 42.4 Å². The number of halogens is 1. The number of rotatable bonds is 4. The Morgan fingerprint density at radius 2 is 1.97 bits per heavy atom. The number of carbonyl (C=O) groups excluding carboxylic acids is 2. The van der Waals surface area contributed by atoms with E-state index >= 15 is 0 Å². The highest BCUT2D eigenvalue weighted by Crippen LogP contribution is 2.23. The molecule has 9 heteroatoms. The van der Waals surface area contributed by atoms with Crippen LogP contribution in [0.3, 0.4) is 0 Å². The molecular weight excluding hydrogens is 389 g/mol. The summed E-state index contributed by atoms with van der Waals surface area (Å²) in [6.07, 6.45) is 4.42. The Balaban J connectivity index is 1.67. The monoisotopic (exact) mass is 405 g/mol. The minimum Gasteiger partial charge on any atom is -0.465 e. The second kappa shape index (κ2) is 7.70. The normalized spacial score (nSPS) is 10.8. The van der Waals surface area contributed by atoms with Crippen molar-refractivity contribution in [3.63, 3.8) is 0 Å². The number of hydrogen-bond acceptors (Lipinski definition) is 6. The van der Waals surface area contributed by atoms with Gasteiger partial charge in [-0.3, -0.25) is 19.9 Å². The van der Waals surface area contributed by atoms with Crippen LogP contribution in [0.4, 0.5) is 4.39 Å². The molecule has 0 atom stereocenters. The zero-order valence-corrected chi connectivity index (χ0v) is 16.1. The Bertz CT molecular complexity index is 1270. The predicted octanol–water partition coefficient (Wildman–Crippen LogP) is 3.11. The van der Waals surface area contributed by atoms with E-state index in [0.717, 1.165) is 0 Å². The molecular formula is C21H16FN5O3. The molecule has 3 heterocycles. The summed E-state index contributed by atoms with van der Waals surface area (Å²) in [4.78, 5) is 37.6. The van der Waals surface area contributed by atoms with Gasteiger partial charge in [-0.05, 0) is 37.3 Å². The van der Waals surface area contributed by atoms with Crippen LogP contribution < -0.4 is 5.43 Å². The smallest absolute Gasteiger partial charge is 0.340 e. The van der Waals surface area contributed by atoms with Gasteiger partial charge in [0, 0.05) is 24.0 Å². The maximum Gasteiger partial charge on any atom is 0.340 e. The molecule has 1 amide bonds. The first-order valence-corrected chi connectivity index (χ1v) is 8.93. The summed E-state index contributed by atoms with van der Waals surface area (Å²) in [5.74, 6) is -1.24. The Labute approximate surface area is 170 Å². The van der Waals surface area contributed by atoms with E-state index in [1.807, 2.05) is 6.07 Å². The summed E-state index contributed by atoms with van der Waals surface area (Å²) in [5.41, 5.74) is 4.54. The first kappa shape index (κ1) is 19.2. The summed E-state index contributed by atoms with van der Waals surface area (Å²) < 4.78 is 19.8. The van der Waals surface area contributed by atoms with Crippen molar-refractivity contribution < 1.29 is 18.7 Å². The molecule has 0 aliphatic heterocycles. The van der Waals surface area contributed by atoms with E-state index in [9.17, 15) is 14.0 Å². The van der Waals surface area contributed by atoms with E-state index in [0.29, 0.717) is 28.1 Å². The molecule has 150 valence electrons. The molecule has 0 unspecified atom stereocenters. The lowest BCUT2D eigenvalue weighted by Gasteiger charge is -2.10. The van der Waals surface area contributed by atoms with Crippen molar-refractivity contribution >= 4 is 22.8 Å². The minimum absolute atomic E-state index is 0.130. The summed E-state index contributed by atoms with van der Waals surface area (Å²) in [6, 6.07) is 9.29. The van der Waals surface area contributed by atoms with Crippen molar-refractivity contribution in [3.8, 4) is 11.5 Å². The number of nitrogens with zero attached hydrogens (tertiary/aromatic N) is 4. The van der Waals surface area contributed by atoms with E-state index in [1.54, 1.807) is 25.3 Å². The Hall–Kier alpha value is -4.14. The summed E-state index contributed by atoms with van der Waals surface area (Å²) in [5, 5.41) is 0.320. The molecule has 8 nitrogen and oxygen atoms in total. The second-order valence-corrected chi connectivity index (χ2v) is 6.41. The quantitative estimate of drug-likeness (QED) is 0.524. The number of methoxy groups -OCH3 is 1. The molecule has 0 spiro atoms. The molecule has 1 N–H and O–H groups in total. The maximum atomic E-state index is 13.7. The van der Waals surface area contributed by atoms with Gasteiger partial charge in [0.15, 0.2) is 5.82 Å². The Morgan fingerprint density at radius 1 is 1.13 bits per heavy atom. The number of carbonyl (C=O) groups is 2. The van der Waals surface area contributed by atoms with Gasteiger partial charge in [0.25, 0.3) is 5.91 Å². The first-order chi connectivity index (χ1) is 14.5. The Kier molecular flexibility index (Phi) is 4.93. The average Bonchev–Trinajstić information content (AvgIpc) is 3.10. The lowest BCUT2D eigenvalue weighted by Crippen LogP contribution is -2.23. The van der Waals surface area contributed by atoms with Crippen molar-refractivity contribution in [1.29, 1.82) is 0 Å². The van der Waals surface area contributed by atoms with Crippen LogP contribution in [0.15, 0.2) is 55.0 Å². The molecule has 0 fully saturated rings. The zero-order chi connectivity index (χ0) is 21.3. The molecule has 0 radical (unpaired) electrons. The van der Waals surface area contributed by atoms with Gasteiger partial charge in [-0.15, -0.1) is 0 Å². The molecule has 0 saturated heterocycles. The van der Waals surface area contributed by atoms with Gasteiger partial charge >= 0.3 is 5.97 Å². The number of esters is 1. The summed E-state index contributed by atoms with van der Waals surface area (Å²) in [7, 11) is 1.23. The Morgan fingerprint density at radius 3 is 2.67 bits per heavy atom. The fourth-order valence-electron chi connectivity index (χ4n) is 3.05. The average molecular weight is 405 g/mol. The van der Waals surface area contributed by atoms with Crippen molar-refractivity contribution in [2.45, 2.75) is 6.92 Å². The van der Waals surface area contributed by atoms with Crippen molar-refractivity contribution in [2.75, 3.05) is 12.5 Å². The number of nitrogens with one attached hydrogen (secondary N) is 1. The largest absolute Gasteiger partial charge is 0.465 e. The van der Waals surface area contributed by atoms with Gasteiger partial charge in [0.05, 0.1) is 29.4 Å². The fraction of sp³-hybridized carbons (Fsp3) is 0.0952. The number of benzene rings is 1. The van der Waals surface area contributed by atoms with E-state index < -0.39 is 17.7 Å². The van der Waals surface area contributed by atoms with Crippen LogP contribution in [0.1, 0.15) is 26.4 Å². The predicted molar refractivity (Wildman–Crippen MR) is 107 cm³/mol. The third-order valence-electron chi connectivity index (χ3n) is 4.51. The molecule has 30 heavy (non-hydrogen) atoms. The summed E-state index contributed by atoms with van der Waals surface area (Å²) >= 11 is 0. The van der Waals surface area contributed by atoms with Crippen molar-refractivity contribution in [2.24, 2.45) is 0 Å². The van der Waals surface area contributed by atoms with Crippen LogP contribution in [0.25, 0.3) is 22.4 Å². The fourth-order valence-corrected chi connectivity index (χ4v) is 3.05. The third-order valence-corrected chi connectivity index (χ3v) is 4.51. The van der Waals surface area contributed by atoms with Gasteiger partial charge in [-0.25, -0.2) is 19.2 Å². The standard InChI is InChI=1S/C21H16FN5O3/c1-12-15(10-24-19(25-12)17-5-3-4-8-23-17)20(28)26-27-11-16(21(29)30-2)14-9-13(22)6-7-18(14)27/h3-11H,1-2H3,(H,26,28). The molecule has 4 aromatic rings. The first-order valence-electron chi connectivity index (χ1n) is 8.93. The molecule has 0 aliphatic rings. The van der Waals surface area contributed by atoms with Gasteiger partial charge in [-0.2, -0.15) is 0 Å². The van der Waals surface area contributed by atoms with Crippen LogP contribution in [-0.2, 0) is 4.74 Å². The van der Waals surface area contributed by atoms with Gasteiger partial charge in [0.1, 0.15) is 11.5 Å². The second-order valence-electron chi connectivity index (χ2n) is 6.41. The minimum atomic E-state index is -0.641. The lowest BCUT2D eigenvalue weighted by atomic mass is 10.2. The topological polar surface area (TPSA) is 99.0 Å². The third kappa shape index (κ3) is 3.48. The SMILES string of the molecule is COC(=O)c1cn(NC(=O)c2cnc(-c3ccccn3)nc2C)c2ccc(F)cc12. The van der Waals surface area contributed by atoms with Crippen LogP contribution in [0, 0.1) is 12.7 Å². The molecule has 3 aromatic heterocycles. The van der Waals surface area contributed by atoms with Crippen LogP contribution in [0.2, 0.25) is 0 Å². The maximum absolute atomic E-state index is 13.7. The van der Waals surface area contributed by atoms with Gasteiger partial charge < -0.3 is 4.74 Å². The molecule has 0 bridgehead atoms. The van der Waals surface area contributed by atoms with Crippen LogP contribution in [0.5, 0.6) is 0 Å². The van der Waals surface area contributed by atoms with Gasteiger partial charge in [0.2, 0.25) is 0 Å². The van der Waals surface area contributed by atoms with E-state index in [4.69, 9.17) is 4.74 Å². The highest BCUT2D eigenvalue weighted by Gasteiger charge is 2.19. The van der Waals surface area contributed by atoms with E-state index in [-0.39, 0.29) is 11.1 Å². The van der Waals surface area contributed by atoms with Crippen LogP contribution in [-0.4, -0.2) is 38.6 Å². The van der Waals surface area contributed by atoms with Gasteiger partial charge in [-0.1, -0.05) is 6.07 Å². The zero-order valence-electron chi connectivity index (χ0n) is 16.1. The van der Waals surface area contributed by atoms with Crippen molar-refractivity contribution in [3.05, 3.63) is 77.6 Å². The number of ether oxygens (including phenoxy) is 1. The summed E-state index contributed by atoms with van der Waals surface area (Å²) in [6.45, 7) is 1.69. The highest BCUT2D eigenvalue weighted by molar-refractivity contribution is 6.06. The molecule has 1 aromatic carbocycles. The number of pyridine rings is 1. The number of aryl methyl sites for hydroxylation is 1.